The van der Waals surface area contributed by atoms with Crippen LogP contribution in [0.1, 0.15) is 10.4 Å². The number of halogens is 1. The molecule has 0 saturated heterocycles. The molecule has 0 spiro atoms. The van der Waals surface area contributed by atoms with Gasteiger partial charge in [0, 0.05) is 16.1 Å². The molecule has 4 aromatic rings. The molecule has 0 aliphatic heterocycles. The largest absolute Gasteiger partial charge is 0.485 e. The fourth-order valence-corrected chi connectivity index (χ4v) is 3.15. The molecule has 4 rings (SSSR count). The molecular weight excluding hydrogens is 420 g/mol. The first-order valence-corrected chi connectivity index (χ1v) is 9.44. The molecule has 3 aromatic carbocycles. The molecule has 138 valence electrons. The fourth-order valence-electron chi connectivity index (χ4n) is 2.88. The Kier molecular flexibility index (Phi) is 5.08. The van der Waals surface area contributed by atoms with E-state index in [-0.39, 0.29) is 17.8 Å². The molecule has 0 amide bonds. The van der Waals surface area contributed by atoms with Crippen molar-refractivity contribution in [2.45, 2.75) is 0 Å². The zero-order valence-electron chi connectivity index (χ0n) is 14.7. The van der Waals surface area contributed by atoms with Crippen LogP contribution in [0.5, 0.6) is 5.75 Å². The van der Waals surface area contributed by atoms with Crippen LogP contribution in [-0.4, -0.2) is 12.4 Å². The number of carbonyl (C=O) groups is 1. The summed E-state index contributed by atoms with van der Waals surface area (Å²) in [7, 11) is 0. The lowest BCUT2D eigenvalue weighted by molar-refractivity contribution is 0.0921. The predicted molar refractivity (Wildman–Crippen MR) is 112 cm³/mol. The van der Waals surface area contributed by atoms with Gasteiger partial charge in [0.2, 0.25) is 0 Å². The Bertz CT molecular complexity index is 1190. The number of benzene rings is 3. The molecule has 0 saturated carbocycles. The highest BCUT2D eigenvalue weighted by Gasteiger charge is 2.11. The second-order valence-electron chi connectivity index (χ2n) is 6.22. The third-order valence-electron chi connectivity index (χ3n) is 4.37. The van der Waals surface area contributed by atoms with E-state index >= 15 is 0 Å². The first-order valence-electron chi connectivity index (χ1n) is 8.64. The summed E-state index contributed by atoms with van der Waals surface area (Å²) in [6.45, 7) is -0.0977. The van der Waals surface area contributed by atoms with E-state index in [2.05, 4.69) is 15.9 Å². The Morgan fingerprint density at radius 1 is 0.964 bits per heavy atom. The number of hydrogen-bond acceptors (Lipinski definition) is 4. The summed E-state index contributed by atoms with van der Waals surface area (Å²) in [4.78, 5) is 25.0. The first-order chi connectivity index (χ1) is 13.6. The van der Waals surface area contributed by atoms with Crippen LogP contribution in [0, 0.1) is 0 Å². The topological polar surface area (TPSA) is 56.5 Å². The number of ether oxygens (including phenoxy) is 1. The normalized spacial score (nSPS) is 10.8. The van der Waals surface area contributed by atoms with Crippen LogP contribution >= 0.6 is 15.9 Å². The molecule has 0 radical (unpaired) electrons. The van der Waals surface area contributed by atoms with Crippen LogP contribution in [0.4, 0.5) is 0 Å². The summed E-state index contributed by atoms with van der Waals surface area (Å²) in [5, 5.41) is 0.466. The number of fused-ring (bicyclic) bond motifs is 1. The third kappa shape index (κ3) is 3.75. The maximum absolute atomic E-state index is 12.8. The van der Waals surface area contributed by atoms with Gasteiger partial charge in [0.25, 0.3) is 0 Å². The van der Waals surface area contributed by atoms with Crippen LogP contribution in [0.3, 0.4) is 0 Å². The Morgan fingerprint density at radius 2 is 1.71 bits per heavy atom. The van der Waals surface area contributed by atoms with Crippen molar-refractivity contribution in [1.82, 2.24) is 0 Å². The molecule has 4 nitrogen and oxygen atoms in total. The summed E-state index contributed by atoms with van der Waals surface area (Å²) in [6, 6.07) is 21.4. The summed E-state index contributed by atoms with van der Waals surface area (Å²) in [5.74, 6) is 0.335. The van der Waals surface area contributed by atoms with Gasteiger partial charge in [-0.3, -0.25) is 9.59 Å². The van der Waals surface area contributed by atoms with Crippen LogP contribution in [0.15, 0.2) is 92.7 Å². The SMILES string of the molecule is O=C(COc1ccc2c(=O)c(-c3ccccc3)coc2c1)c1ccc(Br)cc1. The van der Waals surface area contributed by atoms with Gasteiger partial charge in [-0.1, -0.05) is 58.4 Å². The van der Waals surface area contributed by atoms with E-state index in [4.69, 9.17) is 9.15 Å². The van der Waals surface area contributed by atoms with E-state index < -0.39 is 0 Å². The number of hydrogen-bond donors (Lipinski definition) is 0. The standard InChI is InChI=1S/C23H15BrO4/c24-17-8-6-16(7-9-17)21(25)14-27-18-10-11-19-22(12-18)28-13-20(23(19)26)15-4-2-1-3-5-15/h1-13H,14H2. The van der Waals surface area contributed by atoms with E-state index in [1.165, 1.54) is 6.26 Å². The van der Waals surface area contributed by atoms with E-state index in [1.54, 1.807) is 30.3 Å². The maximum atomic E-state index is 12.8. The van der Waals surface area contributed by atoms with Gasteiger partial charge in [-0.25, -0.2) is 0 Å². The Hall–Kier alpha value is -3.18. The monoisotopic (exact) mass is 434 g/mol. The minimum atomic E-state index is -0.131. The van der Waals surface area contributed by atoms with Gasteiger partial charge in [0.1, 0.15) is 17.6 Å². The highest BCUT2D eigenvalue weighted by Crippen LogP contribution is 2.23. The minimum absolute atomic E-state index is 0.0977. The van der Waals surface area contributed by atoms with E-state index in [9.17, 15) is 9.59 Å². The van der Waals surface area contributed by atoms with Gasteiger partial charge in [-0.2, -0.15) is 0 Å². The van der Waals surface area contributed by atoms with E-state index in [1.807, 2.05) is 42.5 Å². The fraction of sp³-hybridized carbons (Fsp3) is 0.0435. The second-order valence-corrected chi connectivity index (χ2v) is 7.14. The molecular formula is C23H15BrO4. The lowest BCUT2D eigenvalue weighted by Crippen LogP contribution is -2.11. The molecule has 0 atom stereocenters. The number of Topliss-reactive ketones (excluding diaryl/α,β-unsaturated/α-hetero) is 1. The second kappa shape index (κ2) is 7.82. The van der Waals surface area contributed by atoms with Crippen molar-refractivity contribution in [3.63, 3.8) is 0 Å². The highest BCUT2D eigenvalue weighted by molar-refractivity contribution is 9.10. The Labute approximate surface area is 169 Å². The van der Waals surface area contributed by atoms with E-state index in [0.29, 0.717) is 27.8 Å². The highest BCUT2D eigenvalue weighted by atomic mass is 79.9. The first kappa shape index (κ1) is 18.2. The number of ketones is 1. The van der Waals surface area contributed by atoms with Gasteiger partial charge in [0.15, 0.2) is 17.8 Å². The molecule has 0 aliphatic rings. The third-order valence-corrected chi connectivity index (χ3v) is 4.90. The van der Waals surface area contributed by atoms with Crippen molar-refractivity contribution in [3.05, 3.63) is 99.3 Å². The number of carbonyl (C=O) groups excluding carboxylic acids is 1. The molecule has 0 aliphatic carbocycles. The zero-order valence-corrected chi connectivity index (χ0v) is 16.3. The minimum Gasteiger partial charge on any atom is -0.485 e. The summed E-state index contributed by atoms with van der Waals surface area (Å²) in [5.41, 5.74) is 2.19. The Morgan fingerprint density at radius 3 is 2.46 bits per heavy atom. The summed E-state index contributed by atoms with van der Waals surface area (Å²) in [6.07, 6.45) is 1.46. The van der Waals surface area contributed by atoms with Gasteiger partial charge in [-0.05, 0) is 29.8 Å². The van der Waals surface area contributed by atoms with Crippen molar-refractivity contribution >= 4 is 32.7 Å². The molecule has 0 bridgehead atoms. The molecule has 0 unspecified atom stereocenters. The average molecular weight is 435 g/mol. The zero-order chi connectivity index (χ0) is 19.5. The van der Waals surface area contributed by atoms with Crippen molar-refractivity contribution in [2.24, 2.45) is 0 Å². The molecule has 1 aromatic heterocycles. The maximum Gasteiger partial charge on any atom is 0.200 e. The van der Waals surface area contributed by atoms with Crippen LogP contribution in [0.25, 0.3) is 22.1 Å². The van der Waals surface area contributed by atoms with Gasteiger partial charge in [0.05, 0.1) is 10.9 Å². The van der Waals surface area contributed by atoms with Gasteiger partial charge >= 0.3 is 0 Å². The van der Waals surface area contributed by atoms with Crippen molar-refractivity contribution in [2.75, 3.05) is 6.61 Å². The smallest absolute Gasteiger partial charge is 0.200 e. The van der Waals surface area contributed by atoms with Crippen LogP contribution in [0.2, 0.25) is 0 Å². The summed E-state index contributed by atoms with van der Waals surface area (Å²) >= 11 is 3.34. The number of rotatable bonds is 5. The van der Waals surface area contributed by atoms with Crippen LogP contribution in [-0.2, 0) is 0 Å². The van der Waals surface area contributed by atoms with Crippen LogP contribution < -0.4 is 10.2 Å². The Balaban J connectivity index is 1.56. The van der Waals surface area contributed by atoms with Crippen molar-refractivity contribution < 1.29 is 13.9 Å². The van der Waals surface area contributed by atoms with Crippen molar-refractivity contribution in [1.29, 1.82) is 0 Å². The molecule has 0 N–H and O–H groups in total. The van der Waals surface area contributed by atoms with Crippen molar-refractivity contribution in [3.8, 4) is 16.9 Å². The lowest BCUT2D eigenvalue weighted by Gasteiger charge is -2.07. The molecule has 1 heterocycles. The quantitative estimate of drug-likeness (QED) is 0.390. The van der Waals surface area contributed by atoms with E-state index in [0.717, 1.165) is 10.0 Å². The molecule has 28 heavy (non-hydrogen) atoms. The predicted octanol–water partition coefficient (Wildman–Crippen LogP) is 5.48. The average Bonchev–Trinajstić information content (AvgIpc) is 2.73. The van der Waals surface area contributed by atoms with Gasteiger partial charge < -0.3 is 9.15 Å². The van der Waals surface area contributed by atoms with Gasteiger partial charge in [-0.15, -0.1) is 0 Å². The molecule has 5 heteroatoms. The summed E-state index contributed by atoms with van der Waals surface area (Å²) < 4.78 is 12.2. The molecule has 0 fully saturated rings. The lowest BCUT2D eigenvalue weighted by atomic mass is 10.1.